The van der Waals surface area contributed by atoms with Crippen molar-refractivity contribution in [2.24, 2.45) is 11.8 Å². The molecule has 0 amide bonds. The highest BCUT2D eigenvalue weighted by Gasteiger charge is 2.06. The van der Waals surface area contributed by atoms with Gasteiger partial charge in [0.15, 0.2) is 0 Å². The summed E-state index contributed by atoms with van der Waals surface area (Å²) in [6.07, 6.45) is 3.14. The Kier molecular flexibility index (Phi) is 6.29. The number of nitrogens with zero attached hydrogens (tertiary/aromatic N) is 2. The Bertz CT molecular complexity index is 343. The normalized spacial score (nSPS) is 12.5. The first kappa shape index (κ1) is 14.3. The summed E-state index contributed by atoms with van der Waals surface area (Å²) < 4.78 is 0. The van der Waals surface area contributed by atoms with Crippen LogP contribution in [0.4, 0.5) is 5.82 Å². The number of hydrogen-bond acceptors (Lipinski definition) is 5. The number of rotatable bonds is 7. The Hall–Kier alpha value is -0.810. The molecule has 0 saturated carbocycles. The van der Waals surface area contributed by atoms with Crippen molar-refractivity contribution >= 4 is 17.6 Å². The topological polar surface area (TPSA) is 63.8 Å². The molecule has 0 saturated heterocycles. The lowest BCUT2D eigenvalue weighted by molar-refractivity contribution is 0.636. The quantitative estimate of drug-likeness (QED) is 0.339. The van der Waals surface area contributed by atoms with Gasteiger partial charge in [0.05, 0.1) is 0 Å². The second-order valence-electron chi connectivity index (χ2n) is 4.23. The van der Waals surface area contributed by atoms with Crippen LogP contribution < -0.4 is 11.3 Å². The average Bonchev–Trinajstić information content (AvgIpc) is 2.36. The molecule has 1 rings (SSSR count). The molecule has 0 aliphatic carbocycles. The molecule has 5 heteroatoms. The Labute approximate surface area is 108 Å². The summed E-state index contributed by atoms with van der Waals surface area (Å²) in [5.41, 5.74) is 2.60. The van der Waals surface area contributed by atoms with E-state index < -0.39 is 0 Å². The van der Waals surface area contributed by atoms with E-state index in [4.69, 9.17) is 5.84 Å². The van der Waals surface area contributed by atoms with E-state index in [1.807, 2.05) is 6.07 Å². The third-order valence-corrected chi connectivity index (χ3v) is 3.82. The molecule has 0 fully saturated rings. The molecule has 1 unspecified atom stereocenters. The molecule has 3 N–H and O–H groups in total. The van der Waals surface area contributed by atoms with E-state index in [9.17, 15) is 0 Å². The molecule has 0 aliphatic heterocycles. The van der Waals surface area contributed by atoms with Gasteiger partial charge in [-0.15, -0.1) is 11.8 Å². The molecule has 0 radical (unpaired) electrons. The van der Waals surface area contributed by atoms with E-state index in [1.165, 1.54) is 6.42 Å². The van der Waals surface area contributed by atoms with E-state index in [-0.39, 0.29) is 0 Å². The summed E-state index contributed by atoms with van der Waals surface area (Å²) in [5.74, 6) is 8.78. The predicted octanol–water partition coefficient (Wildman–Crippen LogP) is 2.85. The van der Waals surface area contributed by atoms with E-state index in [2.05, 4.69) is 36.2 Å². The Morgan fingerprint density at radius 3 is 2.76 bits per heavy atom. The Balaban J connectivity index is 2.72. The molecule has 96 valence electrons. The summed E-state index contributed by atoms with van der Waals surface area (Å²) in [6, 6.07) is 1.91. The number of aromatic nitrogens is 2. The minimum absolute atomic E-state index is 0.704. The first-order valence-electron chi connectivity index (χ1n) is 6.16. The number of anilines is 1. The van der Waals surface area contributed by atoms with Crippen molar-refractivity contribution in [1.82, 2.24) is 9.97 Å². The van der Waals surface area contributed by atoms with Gasteiger partial charge >= 0.3 is 0 Å². The Morgan fingerprint density at radius 2 is 2.18 bits per heavy atom. The van der Waals surface area contributed by atoms with Gasteiger partial charge in [0.1, 0.15) is 16.7 Å². The highest BCUT2D eigenvalue weighted by Crippen LogP contribution is 2.22. The first-order chi connectivity index (χ1) is 8.19. The zero-order valence-electron chi connectivity index (χ0n) is 10.9. The maximum atomic E-state index is 5.42. The second kappa shape index (κ2) is 7.50. The number of nitrogens with two attached hydrogens (primary N) is 1. The van der Waals surface area contributed by atoms with Crippen LogP contribution in [0.3, 0.4) is 0 Å². The van der Waals surface area contributed by atoms with Crippen LogP contribution in [-0.2, 0) is 6.42 Å². The fraction of sp³-hybridized carbons (Fsp3) is 0.667. The summed E-state index contributed by atoms with van der Waals surface area (Å²) in [5, 5.41) is 1.01. The van der Waals surface area contributed by atoms with Crippen molar-refractivity contribution in [2.45, 2.75) is 45.1 Å². The van der Waals surface area contributed by atoms with Crippen molar-refractivity contribution in [3.8, 4) is 0 Å². The largest absolute Gasteiger partial charge is 0.308 e. The Morgan fingerprint density at radius 1 is 1.41 bits per heavy atom. The number of aryl methyl sites for hydroxylation is 1. The van der Waals surface area contributed by atoms with Crippen molar-refractivity contribution in [1.29, 1.82) is 0 Å². The van der Waals surface area contributed by atoms with Gasteiger partial charge in [0.25, 0.3) is 0 Å². The van der Waals surface area contributed by atoms with Crippen LogP contribution in [0.25, 0.3) is 0 Å². The molecule has 4 nitrogen and oxygen atoms in total. The summed E-state index contributed by atoms with van der Waals surface area (Å²) in [7, 11) is 0. The van der Waals surface area contributed by atoms with Crippen LogP contribution in [0.1, 0.15) is 39.4 Å². The second-order valence-corrected chi connectivity index (χ2v) is 5.27. The lowest BCUT2D eigenvalue weighted by atomic mass is 10.2. The molecule has 17 heavy (non-hydrogen) atoms. The molecule has 0 bridgehead atoms. The van der Waals surface area contributed by atoms with Crippen LogP contribution in [0.15, 0.2) is 11.1 Å². The molecule has 1 aromatic rings. The maximum absolute atomic E-state index is 5.42. The van der Waals surface area contributed by atoms with Crippen LogP contribution in [0.5, 0.6) is 0 Å². The molecular formula is C12H22N4S. The van der Waals surface area contributed by atoms with Gasteiger partial charge in [-0.25, -0.2) is 15.8 Å². The lowest BCUT2D eigenvalue weighted by Crippen LogP contribution is -2.11. The van der Waals surface area contributed by atoms with Crippen LogP contribution in [0, 0.1) is 5.92 Å². The van der Waals surface area contributed by atoms with E-state index >= 15 is 0 Å². The van der Waals surface area contributed by atoms with Gasteiger partial charge in [-0.1, -0.05) is 27.2 Å². The minimum atomic E-state index is 0.704. The van der Waals surface area contributed by atoms with Crippen LogP contribution >= 0.6 is 11.8 Å². The van der Waals surface area contributed by atoms with Crippen molar-refractivity contribution < 1.29 is 0 Å². The standard InChI is InChI=1S/C12H22N4S/c1-4-6-10-14-11(16-13)7-12(15-10)17-8-9(3)5-2/h7,9H,4-6,8,13H2,1-3H3,(H,14,15,16). The third kappa shape index (κ3) is 4.91. The smallest absolute Gasteiger partial charge is 0.144 e. The number of hydrogen-bond donors (Lipinski definition) is 2. The molecule has 1 heterocycles. The summed E-state index contributed by atoms with van der Waals surface area (Å²) in [4.78, 5) is 8.86. The predicted molar refractivity (Wildman–Crippen MR) is 74.0 cm³/mol. The lowest BCUT2D eigenvalue weighted by Gasteiger charge is -2.09. The highest BCUT2D eigenvalue weighted by atomic mass is 32.2. The number of hydrazine groups is 1. The van der Waals surface area contributed by atoms with Gasteiger partial charge in [-0.3, -0.25) is 0 Å². The number of nitrogens with one attached hydrogen (secondary N) is 1. The molecule has 0 aromatic carbocycles. The average molecular weight is 254 g/mol. The van der Waals surface area contributed by atoms with Gasteiger partial charge in [0, 0.05) is 18.2 Å². The SMILES string of the molecule is CCCc1nc(NN)cc(SCC(C)CC)n1. The zero-order valence-corrected chi connectivity index (χ0v) is 11.7. The third-order valence-electron chi connectivity index (χ3n) is 2.58. The zero-order chi connectivity index (χ0) is 12.7. The fourth-order valence-corrected chi connectivity index (χ4v) is 2.36. The molecule has 0 spiro atoms. The van der Waals surface area contributed by atoms with Gasteiger partial charge in [-0.2, -0.15) is 0 Å². The van der Waals surface area contributed by atoms with E-state index in [0.717, 1.165) is 29.4 Å². The van der Waals surface area contributed by atoms with Gasteiger partial charge in [-0.05, 0) is 12.3 Å². The fourth-order valence-electron chi connectivity index (χ4n) is 1.30. The van der Waals surface area contributed by atoms with Crippen molar-refractivity contribution in [3.05, 3.63) is 11.9 Å². The highest BCUT2D eigenvalue weighted by molar-refractivity contribution is 7.99. The molecule has 0 aliphatic rings. The van der Waals surface area contributed by atoms with E-state index in [0.29, 0.717) is 11.7 Å². The maximum Gasteiger partial charge on any atom is 0.144 e. The molecule has 1 atom stereocenters. The monoisotopic (exact) mass is 254 g/mol. The van der Waals surface area contributed by atoms with Crippen LogP contribution in [0.2, 0.25) is 0 Å². The number of nitrogen functional groups attached to an aromatic ring is 1. The van der Waals surface area contributed by atoms with E-state index in [1.54, 1.807) is 11.8 Å². The van der Waals surface area contributed by atoms with Crippen molar-refractivity contribution in [2.75, 3.05) is 11.2 Å². The molecular weight excluding hydrogens is 232 g/mol. The number of thioether (sulfide) groups is 1. The molecule has 1 aromatic heterocycles. The summed E-state index contributed by atoms with van der Waals surface area (Å²) in [6.45, 7) is 6.59. The van der Waals surface area contributed by atoms with Crippen molar-refractivity contribution in [3.63, 3.8) is 0 Å². The van der Waals surface area contributed by atoms with Gasteiger partial charge < -0.3 is 5.43 Å². The first-order valence-corrected chi connectivity index (χ1v) is 7.15. The van der Waals surface area contributed by atoms with Gasteiger partial charge in [0.2, 0.25) is 0 Å². The van der Waals surface area contributed by atoms with Crippen LogP contribution in [-0.4, -0.2) is 15.7 Å². The summed E-state index contributed by atoms with van der Waals surface area (Å²) >= 11 is 1.78. The minimum Gasteiger partial charge on any atom is -0.308 e.